The van der Waals surface area contributed by atoms with E-state index in [1.807, 2.05) is 30.3 Å². The van der Waals surface area contributed by atoms with Crippen LogP contribution in [0.1, 0.15) is 27.9 Å². The van der Waals surface area contributed by atoms with E-state index in [4.69, 9.17) is 4.74 Å². The van der Waals surface area contributed by atoms with E-state index in [0.29, 0.717) is 30.8 Å². The van der Waals surface area contributed by atoms with Gasteiger partial charge in [-0.15, -0.1) is 0 Å². The Labute approximate surface area is 140 Å². The predicted octanol–water partition coefficient (Wildman–Crippen LogP) is 2.78. The van der Waals surface area contributed by atoms with Gasteiger partial charge in [-0.05, 0) is 41.8 Å². The first-order chi connectivity index (χ1) is 11.6. The van der Waals surface area contributed by atoms with Gasteiger partial charge in [-0.1, -0.05) is 12.1 Å². The number of fused-ring (bicyclic) bond motifs is 2. The molecule has 2 heterocycles. The Morgan fingerprint density at radius 3 is 2.88 bits per heavy atom. The number of nitrogens with one attached hydrogen (secondary N) is 1. The largest absolute Gasteiger partial charge is 0.492 e. The summed E-state index contributed by atoms with van der Waals surface area (Å²) in [5, 5.41) is 2.94. The van der Waals surface area contributed by atoms with Crippen LogP contribution in [0.15, 0.2) is 36.4 Å². The summed E-state index contributed by atoms with van der Waals surface area (Å²) >= 11 is 0. The minimum absolute atomic E-state index is 0.122. The highest BCUT2D eigenvalue weighted by molar-refractivity contribution is 6.07. The molecule has 122 valence electrons. The minimum atomic E-state index is -0.172. The zero-order chi connectivity index (χ0) is 16.7. The van der Waals surface area contributed by atoms with Gasteiger partial charge in [-0.2, -0.15) is 0 Å². The second-order valence-corrected chi connectivity index (χ2v) is 6.14. The van der Waals surface area contributed by atoms with Crippen molar-refractivity contribution >= 4 is 23.2 Å². The number of ether oxygens (including phenoxy) is 1. The standard InChI is InChI=1S/C19H18N2O3/c1-21-16-7-6-14(11-13(16)5-8-17(21)22)20-19(23)15-4-2-3-12-9-10-24-18(12)15/h2-4,6-7,11H,5,8-10H2,1H3,(H,20,23). The lowest BCUT2D eigenvalue weighted by Crippen LogP contribution is -2.31. The Hall–Kier alpha value is -2.82. The third-order valence-electron chi connectivity index (χ3n) is 4.64. The van der Waals surface area contributed by atoms with Gasteiger partial charge < -0.3 is 15.0 Å². The van der Waals surface area contributed by atoms with Crippen LogP contribution in [0, 0.1) is 0 Å². The number of hydrogen-bond donors (Lipinski definition) is 1. The van der Waals surface area contributed by atoms with Crippen molar-refractivity contribution in [3.05, 3.63) is 53.1 Å². The van der Waals surface area contributed by atoms with E-state index >= 15 is 0 Å². The third kappa shape index (κ3) is 2.42. The Morgan fingerprint density at radius 2 is 2.00 bits per heavy atom. The van der Waals surface area contributed by atoms with Crippen LogP contribution in [0.3, 0.4) is 0 Å². The van der Waals surface area contributed by atoms with Gasteiger partial charge >= 0.3 is 0 Å². The smallest absolute Gasteiger partial charge is 0.259 e. The first kappa shape index (κ1) is 14.8. The first-order valence-corrected chi connectivity index (χ1v) is 8.09. The Balaban J connectivity index is 1.59. The van der Waals surface area contributed by atoms with Crippen LogP contribution < -0.4 is 15.0 Å². The fourth-order valence-electron chi connectivity index (χ4n) is 3.33. The second kappa shape index (κ2) is 5.67. The number of para-hydroxylation sites is 1. The van der Waals surface area contributed by atoms with Gasteiger partial charge in [0.05, 0.1) is 12.2 Å². The molecule has 4 rings (SSSR count). The normalized spacial score (nSPS) is 15.5. The summed E-state index contributed by atoms with van der Waals surface area (Å²) in [6, 6.07) is 11.3. The third-order valence-corrected chi connectivity index (χ3v) is 4.64. The van der Waals surface area contributed by atoms with Crippen molar-refractivity contribution in [3.8, 4) is 5.75 Å². The fraction of sp³-hybridized carbons (Fsp3) is 0.263. The molecule has 5 heteroatoms. The van der Waals surface area contributed by atoms with E-state index in [1.54, 1.807) is 18.0 Å². The van der Waals surface area contributed by atoms with Crippen LogP contribution in [-0.4, -0.2) is 25.5 Å². The van der Waals surface area contributed by atoms with Crippen LogP contribution in [0.5, 0.6) is 5.75 Å². The van der Waals surface area contributed by atoms with Crippen molar-refractivity contribution in [1.82, 2.24) is 0 Å². The van der Waals surface area contributed by atoms with Gasteiger partial charge in [-0.25, -0.2) is 0 Å². The second-order valence-electron chi connectivity index (χ2n) is 6.14. The molecule has 0 saturated carbocycles. The van der Waals surface area contributed by atoms with Gasteiger partial charge in [0, 0.05) is 31.3 Å². The average Bonchev–Trinajstić information content (AvgIpc) is 3.07. The fourth-order valence-corrected chi connectivity index (χ4v) is 3.33. The molecule has 0 unspecified atom stereocenters. The molecule has 0 radical (unpaired) electrons. The van der Waals surface area contributed by atoms with Crippen molar-refractivity contribution in [2.24, 2.45) is 0 Å². The van der Waals surface area contributed by atoms with Crippen LogP contribution in [0.2, 0.25) is 0 Å². The van der Waals surface area contributed by atoms with E-state index in [2.05, 4.69) is 5.32 Å². The summed E-state index contributed by atoms with van der Waals surface area (Å²) in [6.07, 6.45) is 2.04. The van der Waals surface area contributed by atoms with Crippen LogP contribution in [0.4, 0.5) is 11.4 Å². The number of nitrogens with zero attached hydrogens (tertiary/aromatic N) is 1. The summed E-state index contributed by atoms with van der Waals surface area (Å²) < 4.78 is 5.60. The molecule has 0 spiro atoms. The van der Waals surface area contributed by atoms with Crippen LogP contribution >= 0.6 is 0 Å². The Kier molecular flexibility index (Phi) is 3.49. The molecular weight excluding hydrogens is 304 g/mol. The number of amides is 2. The molecule has 2 aromatic rings. The number of anilines is 2. The van der Waals surface area contributed by atoms with E-state index in [-0.39, 0.29) is 11.8 Å². The van der Waals surface area contributed by atoms with Crippen LogP contribution in [0.25, 0.3) is 0 Å². The van der Waals surface area contributed by atoms with E-state index < -0.39 is 0 Å². The van der Waals surface area contributed by atoms with Gasteiger partial charge in [0.15, 0.2) is 0 Å². The average molecular weight is 322 g/mol. The van der Waals surface area contributed by atoms with Gasteiger partial charge in [0.2, 0.25) is 5.91 Å². The highest BCUT2D eigenvalue weighted by Gasteiger charge is 2.23. The maximum absolute atomic E-state index is 12.6. The van der Waals surface area contributed by atoms with Gasteiger partial charge in [-0.3, -0.25) is 9.59 Å². The summed E-state index contributed by atoms with van der Waals surface area (Å²) in [5.41, 5.74) is 4.36. The maximum Gasteiger partial charge on any atom is 0.259 e. The van der Waals surface area contributed by atoms with Crippen molar-refractivity contribution in [2.75, 3.05) is 23.9 Å². The maximum atomic E-state index is 12.6. The minimum Gasteiger partial charge on any atom is -0.492 e. The Morgan fingerprint density at radius 1 is 1.12 bits per heavy atom. The summed E-state index contributed by atoms with van der Waals surface area (Å²) in [5.74, 6) is 0.642. The van der Waals surface area contributed by atoms with Gasteiger partial charge in [0.1, 0.15) is 5.75 Å². The number of rotatable bonds is 2. The molecule has 24 heavy (non-hydrogen) atoms. The number of carbonyl (C=O) groups is 2. The summed E-state index contributed by atoms with van der Waals surface area (Å²) in [6.45, 7) is 0.624. The molecule has 0 aromatic heterocycles. The molecule has 5 nitrogen and oxygen atoms in total. The van der Waals surface area contributed by atoms with Crippen molar-refractivity contribution < 1.29 is 14.3 Å². The molecular formula is C19H18N2O3. The van der Waals surface area contributed by atoms with E-state index in [0.717, 1.165) is 28.9 Å². The Bertz CT molecular complexity index is 845. The van der Waals surface area contributed by atoms with Gasteiger partial charge in [0.25, 0.3) is 5.91 Å². The topological polar surface area (TPSA) is 58.6 Å². The van der Waals surface area contributed by atoms with Crippen LogP contribution in [-0.2, 0) is 17.6 Å². The highest BCUT2D eigenvalue weighted by Crippen LogP contribution is 2.32. The van der Waals surface area contributed by atoms with Crippen molar-refractivity contribution in [3.63, 3.8) is 0 Å². The molecule has 2 aromatic carbocycles. The lowest BCUT2D eigenvalue weighted by molar-refractivity contribution is -0.118. The van der Waals surface area contributed by atoms with Crippen molar-refractivity contribution in [2.45, 2.75) is 19.3 Å². The summed E-state index contributed by atoms with van der Waals surface area (Å²) in [4.78, 5) is 26.0. The SMILES string of the molecule is CN1C(=O)CCc2cc(NC(=O)c3cccc4c3OCC4)ccc21. The molecule has 0 atom stereocenters. The molecule has 1 N–H and O–H groups in total. The van der Waals surface area contributed by atoms with Crippen molar-refractivity contribution in [1.29, 1.82) is 0 Å². The first-order valence-electron chi connectivity index (χ1n) is 8.09. The molecule has 2 aliphatic rings. The number of aryl methyl sites for hydroxylation is 1. The number of hydrogen-bond acceptors (Lipinski definition) is 3. The molecule has 0 saturated heterocycles. The molecule has 0 aliphatic carbocycles. The predicted molar refractivity (Wildman–Crippen MR) is 91.8 cm³/mol. The lowest BCUT2D eigenvalue weighted by atomic mass is 10.0. The quantitative estimate of drug-likeness (QED) is 0.925. The zero-order valence-electron chi connectivity index (χ0n) is 13.5. The van der Waals surface area contributed by atoms with E-state index in [9.17, 15) is 9.59 Å². The molecule has 2 amide bonds. The lowest BCUT2D eigenvalue weighted by Gasteiger charge is -2.26. The number of benzene rings is 2. The zero-order valence-corrected chi connectivity index (χ0v) is 13.5. The van der Waals surface area contributed by atoms with E-state index in [1.165, 1.54) is 0 Å². The summed E-state index contributed by atoms with van der Waals surface area (Å²) in [7, 11) is 1.78. The highest BCUT2D eigenvalue weighted by atomic mass is 16.5. The monoisotopic (exact) mass is 322 g/mol. The molecule has 0 fully saturated rings. The molecule has 0 bridgehead atoms. The molecule has 2 aliphatic heterocycles. The number of carbonyl (C=O) groups excluding carboxylic acids is 2.